The quantitative estimate of drug-likeness (QED) is 0.621. The normalized spacial score (nSPS) is 22.4. The summed E-state index contributed by atoms with van der Waals surface area (Å²) >= 11 is 6.13. The van der Waals surface area contributed by atoms with Gasteiger partial charge in [0.05, 0.1) is 5.56 Å². The maximum Gasteiger partial charge on any atom is 0.416 e. The Morgan fingerprint density at radius 3 is 2.81 bits per heavy atom. The maximum atomic E-state index is 13.0. The number of fused-ring (bicyclic) bond motifs is 1. The van der Waals surface area contributed by atoms with Crippen molar-refractivity contribution in [2.24, 2.45) is 5.92 Å². The molecule has 4 rings (SSSR count). The van der Waals surface area contributed by atoms with Crippen LogP contribution in [-0.4, -0.2) is 35.3 Å². The van der Waals surface area contributed by atoms with Crippen LogP contribution in [0, 0.1) is 5.92 Å². The second-order valence-corrected chi connectivity index (χ2v) is 8.45. The fourth-order valence-electron chi connectivity index (χ4n) is 4.34. The number of hydrogen-bond donors (Lipinski definition) is 0. The second kappa shape index (κ2) is 8.84. The number of halogens is 4. The summed E-state index contributed by atoms with van der Waals surface area (Å²) in [5.74, 6) is -0.217. The average Bonchev–Trinajstić information content (AvgIpc) is 3.15. The smallest absolute Gasteiger partial charge is 0.348 e. The third-order valence-electron chi connectivity index (χ3n) is 5.99. The number of hydrogen-bond acceptors (Lipinski definition) is 5. The van der Waals surface area contributed by atoms with E-state index < -0.39 is 17.8 Å². The Bertz CT molecular complexity index is 983. The van der Waals surface area contributed by atoms with Crippen LogP contribution in [0.25, 0.3) is 0 Å². The summed E-state index contributed by atoms with van der Waals surface area (Å²) < 4.78 is 49.6. The molecule has 0 N–H and O–H groups in total. The van der Waals surface area contributed by atoms with E-state index in [1.54, 1.807) is 6.07 Å². The lowest BCUT2D eigenvalue weighted by Gasteiger charge is -2.26. The number of rotatable bonds is 5. The van der Waals surface area contributed by atoms with Crippen molar-refractivity contribution in [1.82, 2.24) is 9.97 Å². The largest absolute Gasteiger partial charge is 0.416 e. The van der Waals surface area contributed by atoms with Gasteiger partial charge in [0.1, 0.15) is 19.5 Å². The number of carbonyl (C=O) groups is 1. The fourth-order valence-corrected chi connectivity index (χ4v) is 4.54. The summed E-state index contributed by atoms with van der Waals surface area (Å²) in [6.07, 6.45) is -2.55. The zero-order valence-electron chi connectivity index (χ0n) is 16.9. The van der Waals surface area contributed by atoms with Gasteiger partial charge in [-0.1, -0.05) is 25.1 Å². The van der Waals surface area contributed by atoms with Gasteiger partial charge in [0.25, 0.3) is 0 Å². The molecule has 31 heavy (non-hydrogen) atoms. The summed E-state index contributed by atoms with van der Waals surface area (Å²) in [6.45, 7) is 2.04. The molecule has 0 radical (unpaired) electrons. The molecule has 2 unspecified atom stereocenters. The topological polar surface area (TPSA) is 61.3 Å². The Morgan fingerprint density at radius 1 is 1.26 bits per heavy atom. The van der Waals surface area contributed by atoms with Crippen LogP contribution in [0.1, 0.15) is 47.3 Å². The van der Waals surface area contributed by atoms with E-state index in [0.29, 0.717) is 31.2 Å². The Hall–Kier alpha value is -2.03. The first-order valence-electron chi connectivity index (χ1n) is 10.2. The van der Waals surface area contributed by atoms with Gasteiger partial charge < -0.3 is 9.47 Å². The minimum atomic E-state index is -4.37. The lowest BCUT2D eigenvalue weighted by Crippen LogP contribution is -2.40. The van der Waals surface area contributed by atoms with Gasteiger partial charge in [-0.15, -0.1) is 0 Å². The number of carbonyl (C=O) groups excluding carboxylic acids is 1. The fraction of sp³-hybridized carbons (Fsp3) is 0.500. The van der Waals surface area contributed by atoms with Gasteiger partial charge >= 0.3 is 6.18 Å². The van der Waals surface area contributed by atoms with Crippen molar-refractivity contribution >= 4 is 17.4 Å². The first-order chi connectivity index (χ1) is 14.7. The van der Waals surface area contributed by atoms with Gasteiger partial charge in [-0.2, -0.15) is 13.2 Å². The molecule has 2 aliphatic rings. The minimum absolute atomic E-state index is 0.0428. The van der Waals surface area contributed by atoms with Crippen molar-refractivity contribution < 1.29 is 27.4 Å². The zero-order valence-corrected chi connectivity index (χ0v) is 17.7. The van der Waals surface area contributed by atoms with Crippen LogP contribution in [0.2, 0.25) is 5.28 Å². The van der Waals surface area contributed by atoms with Gasteiger partial charge in [-0.3, -0.25) is 4.79 Å². The number of alkyl halides is 3. The Balaban J connectivity index is 1.48. The molecule has 1 aliphatic carbocycles. The summed E-state index contributed by atoms with van der Waals surface area (Å²) in [5, 5.41) is 0.139. The van der Waals surface area contributed by atoms with E-state index in [4.69, 9.17) is 21.1 Å². The molecule has 2 heterocycles. The molecule has 9 heteroatoms. The van der Waals surface area contributed by atoms with Gasteiger partial charge in [0, 0.05) is 17.3 Å². The first-order valence-corrected chi connectivity index (χ1v) is 10.5. The third kappa shape index (κ3) is 4.91. The van der Waals surface area contributed by atoms with Gasteiger partial charge in [-0.25, -0.2) is 9.97 Å². The monoisotopic (exact) mass is 454 g/mol. The highest BCUT2D eigenvalue weighted by molar-refractivity contribution is 6.28. The molecule has 0 spiro atoms. The molecule has 3 atom stereocenters. The molecule has 1 aromatic carbocycles. The second-order valence-electron chi connectivity index (χ2n) is 8.12. The van der Waals surface area contributed by atoms with Crippen molar-refractivity contribution in [3.63, 3.8) is 0 Å². The minimum Gasteiger partial charge on any atom is -0.348 e. The number of Topliss-reactive ketones (excluding diaryl/α,β-unsaturated/α-hetero) is 1. The van der Waals surface area contributed by atoms with Gasteiger partial charge in [0.15, 0.2) is 5.78 Å². The molecule has 1 aliphatic heterocycles. The van der Waals surface area contributed by atoms with Crippen LogP contribution in [0.4, 0.5) is 13.2 Å². The van der Waals surface area contributed by atoms with Crippen LogP contribution in [0.3, 0.4) is 0 Å². The van der Waals surface area contributed by atoms with Gasteiger partial charge in [0.2, 0.25) is 5.28 Å². The van der Waals surface area contributed by atoms with E-state index in [9.17, 15) is 18.0 Å². The van der Waals surface area contributed by atoms with Crippen molar-refractivity contribution in [1.29, 1.82) is 0 Å². The molecular formula is C22H22ClF3N2O3. The van der Waals surface area contributed by atoms with E-state index in [1.807, 2.05) is 6.92 Å². The predicted molar refractivity (Wildman–Crippen MR) is 107 cm³/mol. The van der Waals surface area contributed by atoms with E-state index in [-0.39, 0.29) is 36.3 Å². The lowest BCUT2D eigenvalue weighted by molar-refractivity contribution is -0.175. The summed E-state index contributed by atoms with van der Waals surface area (Å²) in [4.78, 5) is 20.9. The van der Waals surface area contributed by atoms with Crippen molar-refractivity contribution in [3.8, 4) is 0 Å². The molecule has 1 aromatic heterocycles. The third-order valence-corrected chi connectivity index (χ3v) is 6.16. The van der Waals surface area contributed by atoms with Crippen LogP contribution in [0.5, 0.6) is 0 Å². The number of ketones is 1. The molecule has 166 valence electrons. The van der Waals surface area contributed by atoms with Crippen molar-refractivity contribution in [2.75, 3.05) is 13.4 Å². The van der Waals surface area contributed by atoms with Gasteiger partial charge in [-0.05, 0) is 60.4 Å². The Morgan fingerprint density at radius 2 is 2.06 bits per heavy atom. The molecule has 0 saturated carbocycles. The lowest BCUT2D eigenvalue weighted by atomic mass is 9.92. The highest BCUT2D eigenvalue weighted by atomic mass is 35.5. The number of aromatic nitrogens is 2. The van der Waals surface area contributed by atoms with Crippen molar-refractivity contribution in [2.45, 2.75) is 50.8 Å². The van der Waals surface area contributed by atoms with Crippen LogP contribution < -0.4 is 0 Å². The van der Waals surface area contributed by atoms with Crippen LogP contribution >= 0.6 is 11.6 Å². The van der Waals surface area contributed by atoms with Crippen LogP contribution in [0.15, 0.2) is 24.3 Å². The maximum absolute atomic E-state index is 13.0. The van der Waals surface area contributed by atoms with Crippen molar-refractivity contribution in [3.05, 3.63) is 57.6 Å². The number of ether oxygens (including phenoxy) is 2. The first kappa shape index (κ1) is 22.2. The Labute approximate surface area is 182 Å². The molecule has 1 saturated heterocycles. The van der Waals surface area contributed by atoms with E-state index in [1.165, 1.54) is 12.1 Å². The van der Waals surface area contributed by atoms with Crippen LogP contribution in [-0.2, 0) is 39.7 Å². The van der Waals surface area contributed by atoms with E-state index in [2.05, 4.69) is 9.97 Å². The zero-order chi connectivity index (χ0) is 22.2. The summed E-state index contributed by atoms with van der Waals surface area (Å²) in [6, 6.07) is 5.42. The Kier molecular flexibility index (Phi) is 6.32. The number of aryl methyl sites for hydroxylation is 1. The standard InChI is InChI=1S/C22H22ClF3N2O3/c1-12(13-3-2-4-15(7-13)22(24,25)26)5-6-17-16-8-14(9-18(16)28-21(23)27-17)20-19(29)10-30-11-31-20/h2-4,7,12,14,20H,5-6,8-11H2,1H3/t12-,14?,20?/m0/s1. The highest BCUT2D eigenvalue weighted by Crippen LogP contribution is 2.35. The highest BCUT2D eigenvalue weighted by Gasteiger charge is 2.38. The molecule has 0 amide bonds. The molecule has 5 nitrogen and oxygen atoms in total. The predicted octanol–water partition coefficient (Wildman–Crippen LogP) is 4.54. The van der Waals surface area contributed by atoms with E-state index >= 15 is 0 Å². The summed E-state index contributed by atoms with van der Waals surface area (Å²) in [5.41, 5.74) is 2.55. The average molecular weight is 455 g/mol. The molecule has 2 aromatic rings. The molecular weight excluding hydrogens is 433 g/mol. The number of nitrogens with zero attached hydrogens (tertiary/aromatic N) is 2. The SMILES string of the molecule is C[C@@H](CCc1nc(Cl)nc2c1CC(C1OCOCC1=O)C2)c1cccc(C(F)(F)F)c1. The van der Waals surface area contributed by atoms with E-state index in [0.717, 1.165) is 23.0 Å². The molecule has 0 bridgehead atoms. The summed E-state index contributed by atoms with van der Waals surface area (Å²) in [7, 11) is 0. The molecule has 1 fully saturated rings. The number of benzene rings is 1.